The Labute approximate surface area is 69.1 Å². The molecule has 0 saturated carbocycles. The van der Waals surface area contributed by atoms with Crippen molar-refractivity contribution in [3.05, 3.63) is 12.2 Å². The second kappa shape index (κ2) is 4.55. The average Bonchev–Trinajstić information content (AvgIpc) is 1.98. The summed E-state index contributed by atoms with van der Waals surface area (Å²) in [5, 5.41) is 9.34. The lowest BCUT2D eigenvalue weighted by Gasteiger charge is -2.15. The van der Waals surface area contributed by atoms with Crippen LogP contribution in [0.4, 0.5) is 0 Å². The Kier molecular flexibility index (Phi) is 3.64. The van der Waals surface area contributed by atoms with Gasteiger partial charge in [-0.2, -0.15) is 0 Å². The summed E-state index contributed by atoms with van der Waals surface area (Å²) in [6.07, 6.45) is 9.90. The minimum Gasteiger partial charge on any atom is -0.389 e. The van der Waals surface area contributed by atoms with Crippen LogP contribution in [0.25, 0.3) is 0 Å². The van der Waals surface area contributed by atoms with Crippen LogP contribution in [0.2, 0.25) is 0 Å². The van der Waals surface area contributed by atoms with E-state index >= 15 is 0 Å². The summed E-state index contributed by atoms with van der Waals surface area (Å²) in [6, 6.07) is 0. The van der Waals surface area contributed by atoms with Crippen LogP contribution < -0.4 is 0 Å². The molecular weight excluding hydrogens is 136 g/mol. The Morgan fingerprint density at radius 1 is 1.27 bits per heavy atom. The highest BCUT2D eigenvalue weighted by Gasteiger charge is 2.07. The first kappa shape index (κ1) is 8.79. The van der Waals surface area contributed by atoms with Gasteiger partial charge in [0.25, 0.3) is 0 Å². The van der Waals surface area contributed by atoms with Crippen LogP contribution in [0, 0.1) is 5.92 Å². The van der Waals surface area contributed by atoms with Gasteiger partial charge >= 0.3 is 0 Å². The van der Waals surface area contributed by atoms with Gasteiger partial charge in [-0.05, 0) is 25.2 Å². The summed E-state index contributed by atoms with van der Waals surface area (Å²) < 4.78 is 0. The van der Waals surface area contributed by atoms with Gasteiger partial charge in [-0.3, -0.25) is 0 Å². The Balaban J connectivity index is 2.43. The quantitative estimate of drug-likeness (QED) is 0.575. The molecule has 1 heteroatoms. The van der Waals surface area contributed by atoms with E-state index in [9.17, 15) is 5.11 Å². The van der Waals surface area contributed by atoms with Gasteiger partial charge in [0.15, 0.2) is 0 Å². The Hall–Kier alpha value is -0.300. The Morgan fingerprint density at radius 3 is 2.73 bits per heavy atom. The molecule has 0 aliphatic heterocycles. The van der Waals surface area contributed by atoms with Gasteiger partial charge in [0.1, 0.15) is 0 Å². The van der Waals surface area contributed by atoms with Crippen LogP contribution >= 0.6 is 0 Å². The molecular formula is C10H18O. The monoisotopic (exact) mass is 154 g/mol. The molecule has 0 spiro atoms. The van der Waals surface area contributed by atoms with Crippen molar-refractivity contribution in [2.45, 2.75) is 45.1 Å². The lowest BCUT2D eigenvalue weighted by molar-refractivity contribution is 0.203. The zero-order chi connectivity index (χ0) is 8.10. The first-order valence-electron chi connectivity index (χ1n) is 4.69. The normalized spacial score (nSPS) is 32.9. The first-order valence-corrected chi connectivity index (χ1v) is 4.69. The maximum Gasteiger partial charge on any atom is 0.0721 e. The fraction of sp³-hybridized carbons (Fsp3) is 0.800. The maximum atomic E-state index is 9.34. The molecule has 0 bridgehead atoms. The molecule has 0 radical (unpaired) electrons. The predicted octanol–water partition coefficient (Wildman–Crippen LogP) is 2.50. The van der Waals surface area contributed by atoms with Crippen LogP contribution in [0.5, 0.6) is 0 Å². The highest BCUT2D eigenvalue weighted by molar-refractivity contribution is 4.94. The fourth-order valence-corrected chi connectivity index (χ4v) is 1.58. The van der Waals surface area contributed by atoms with Gasteiger partial charge < -0.3 is 5.11 Å². The molecule has 0 aromatic heterocycles. The number of allylic oxidation sites excluding steroid dienone is 1. The number of rotatable bonds is 1. The Morgan fingerprint density at radius 2 is 2.00 bits per heavy atom. The van der Waals surface area contributed by atoms with Crippen molar-refractivity contribution in [3.63, 3.8) is 0 Å². The second-order valence-electron chi connectivity index (χ2n) is 3.41. The first-order chi connectivity index (χ1) is 5.33. The highest BCUT2D eigenvalue weighted by atomic mass is 16.3. The van der Waals surface area contributed by atoms with Crippen molar-refractivity contribution in [3.8, 4) is 0 Å². The van der Waals surface area contributed by atoms with Gasteiger partial charge in [-0.15, -0.1) is 0 Å². The highest BCUT2D eigenvalue weighted by Crippen LogP contribution is 2.19. The summed E-state index contributed by atoms with van der Waals surface area (Å²) in [5.41, 5.74) is 0. The largest absolute Gasteiger partial charge is 0.389 e. The summed E-state index contributed by atoms with van der Waals surface area (Å²) >= 11 is 0. The molecule has 1 aliphatic rings. The molecule has 0 amide bonds. The van der Waals surface area contributed by atoms with E-state index in [-0.39, 0.29) is 6.10 Å². The molecule has 0 fully saturated rings. The van der Waals surface area contributed by atoms with Crippen LogP contribution in [0.1, 0.15) is 39.0 Å². The minimum absolute atomic E-state index is 0.177. The number of hydrogen-bond donors (Lipinski definition) is 1. The van der Waals surface area contributed by atoms with Gasteiger partial charge in [0.2, 0.25) is 0 Å². The van der Waals surface area contributed by atoms with Crippen molar-refractivity contribution in [2.24, 2.45) is 5.92 Å². The Bertz CT molecular complexity index is 129. The minimum atomic E-state index is -0.177. The molecule has 0 unspecified atom stereocenters. The number of aliphatic hydroxyl groups excluding tert-OH is 1. The van der Waals surface area contributed by atoms with Crippen molar-refractivity contribution in [1.82, 2.24) is 0 Å². The summed E-state index contributed by atoms with van der Waals surface area (Å²) in [6.45, 7) is 2.21. The van der Waals surface area contributed by atoms with Gasteiger partial charge in [0.05, 0.1) is 6.10 Å². The predicted molar refractivity (Wildman–Crippen MR) is 47.4 cm³/mol. The van der Waals surface area contributed by atoms with Crippen molar-refractivity contribution < 1.29 is 5.11 Å². The zero-order valence-electron chi connectivity index (χ0n) is 7.29. The van der Waals surface area contributed by atoms with E-state index in [0.717, 1.165) is 6.42 Å². The average molecular weight is 154 g/mol. The smallest absolute Gasteiger partial charge is 0.0721 e. The second-order valence-corrected chi connectivity index (χ2v) is 3.41. The number of aliphatic hydroxyl groups is 1. The van der Waals surface area contributed by atoms with Crippen LogP contribution in [0.3, 0.4) is 0 Å². The lowest BCUT2D eigenvalue weighted by atomic mass is 9.94. The van der Waals surface area contributed by atoms with Crippen molar-refractivity contribution in [2.75, 3.05) is 0 Å². The molecule has 1 aliphatic carbocycles. The van der Waals surface area contributed by atoms with Gasteiger partial charge in [-0.1, -0.05) is 31.9 Å². The van der Waals surface area contributed by atoms with E-state index in [1.165, 1.54) is 25.7 Å². The van der Waals surface area contributed by atoms with Crippen LogP contribution in [-0.4, -0.2) is 11.2 Å². The van der Waals surface area contributed by atoms with E-state index < -0.39 is 0 Å². The number of hydrogen-bond acceptors (Lipinski definition) is 1. The van der Waals surface area contributed by atoms with Crippen LogP contribution in [-0.2, 0) is 0 Å². The molecule has 2 atom stereocenters. The SMILES string of the molecule is CC[C@H]1C=C[C@H](O)CCCC1. The molecule has 1 rings (SSSR count). The molecule has 64 valence electrons. The molecule has 0 aromatic carbocycles. The third-order valence-corrected chi connectivity index (χ3v) is 2.45. The molecule has 0 heterocycles. The summed E-state index contributed by atoms with van der Waals surface area (Å²) in [4.78, 5) is 0. The lowest BCUT2D eigenvalue weighted by Crippen LogP contribution is -2.07. The van der Waals surface area contributed by atoms with E-state index in [2.05, 4.69) is 13.0 Å². The van der Waals surface area contributed by atoms with E-state index in [4.69, 9.17) is 0 Å². The maximum absolute atomic E-state index is 9.34. The summed E-state index contributed by atoms with van der Waals surface area (Å²) in [7, 11) is 0. The fourth-order valence-electron chi connectivity index (χ4n) is 1.58. The van der Waals surface area contributed by atoms with E-state index in [1.54, 1.807) is 0 Å². The standard InChI is InChI=1S/C10H18O/c1-2-9-5-3-4-6-10(11)8-7-9/h7-11H,2-6H2,1H3/t9-,10-/m1/s1. The molecule has 11 heavy (non-hydrogen) atoms. The van der Waals surface area contributed by atoms with Gasteiger partial charge in [0, 0.05) is 0 Å². The topological polar surface area (TPSA) is 20.2 Å². The van der Waals surface area contributed by atoms with E-state index in [1.807, 2.05) is 6.08 Å². The molecule has 0 saturated heterocycles. The molecule has 1 N–H and O–H groups in total. The molecule has 0 aromatic rings. The van der Waals surface area contributed by atoms with Crippen molar-refractivity contribution in [1.29, 1.82) is 0 Å². The third kappa shape index (κ3) is 3.06. The third-order valence-electron chi connectivity index (χ3n) is 2.45. The van der Waals surface area contributed by atoms with Crippen molar-refractivity contribution >= 4 is 0 Å². The molecule has 1 nitrogen and oxygen atoms in total. The summed E-state index contributed by atoms with van der Waals surface area (Å²) in [5.74, 6) is 0.713. The van der Waals surface area contributed by atoms with Crippen LogP contribution in [0.15, 0.2) is 12.2 Å². The van der Waals surface area contributed by atoms with Gasteiger partial charge in [-0.25, -0.2) is 0 Å². The van der Waals surface area contributed by atoms with E-state index in [0.29, 0.717) is 5.92 Å². The zero-order valence-corrected chi connectivity index (χ0v) is 7.29.